The minimum absolute atomic E-state index is 0.0871. The van der Waals surface area contributed by atoms with Gasteiger partial charge in [0.15, 0.2) is 6.29 Å². The summed E-state index contributed by atoms with van der Waals surface area (Å²) in [5.74, 6) is 0.312. The van der Waals surface area contributed by atoms with Crippen LogP contribution in [0.15, 0.2) is 6.33 Å². The number of anilines is 1. The topological polar surface area (TPSA) is 75.1 Å². The van der Waals surface area contributed by atoms with Crippen LogP contribution in [0.25, 0.3) is 0 Å². The molecule has 6 heteroatoms. The first-order valence-corrected chi connectivity index (χ1v) is 5.53. The second kappa shape index (κ2) is 4.58. The summed E-state index contributed by atoms with van der Waals surface area (Å²) in [7, 11) is 0. The van der Waals surface area contributed by atoms with E-state index in [0.29, 0.717) is 12.1 Å². The molecule has 5 nitrogen and oxygen atoms in total. The summed E-state index contributed by atoms with van der Waals surface area (Å²) >= 11 is 5.79. The van der Waals surface area contributed by atoms with E-state index in [1.54, 1.807) is 27.7 Å². The van der Waals surface area contributed by atoms with Crippen LogP contribution in [0.5, 0.6) is 0 Å². The Morgan fingerprint density at radius 3 is 2.41 bits per heavy atom. The molecule has 0 aromatic carbocycles. The second-order valence-corrected chi connectivity index (χ2v) is 5.21. The SMILES string of the molecule is CC(C)(O)C(C)(C)Nc1ncnc(Cl)c1C=O. The fourth-order valence-corrected chi connectivity index (χ4v) is 1.20. The van der Waals surface area contributed by atoms with E-state index in [9.17, 15) is 9.90 Å². The van der Waals surface area contributed by atoms with E-state index in [2.05, 4.69) is 15.3 Å². The lowest BCUT2D eigenvalue weighted by Crippen LogP contribution is -2.51. The van der Waals surface area contributed by atoms with Crippen LogP contribution in [0.3, 0.4) is 0 Å². The molecule has 0 unspecified atom stereocenters. The van der Waals surface area contributed by atoms with Crippen molar-refractivity contribution in [3.63, 3.8) is 0 Å². The van der Waals surface area contributed by atoms with E-state index < -0.39 is 11.1 Å². The summed E-state index contributed by atoms with van der Waals surface area (Å²) in [4.78, 5) is 18.6. The van der Waals surface area contributed by atoms with Crippen LogP contribution in [0.1, 0.15) is 38.1 Å². The maximum Gasteiger partial charge on any atom is 0.156 e. The molecule has 0 spiro atoms. The van der Waals surface area contributed by atoms with Crippen LogP contribution < -0.4 is 5.32 Å². The molecule has 17 heavy (non-hydrogen) atoms. The number of aromatic nitrogens is 2. The molecule has 1 aromatic rings. The molecule has 2 N–H and O–H groups in total. The Morgan fingerprint density at radius 1 is 1.35 bits per heavy atom. The van der Waals surface area contributed by atoms with E-state index in [0.717, 1.165) is 0 Å². The third-order valence-corrected chi connectivity index (χ3v) is 3.21. The van der Waals surface area contributed by atoms with Crippen LogP contribution in [-0.2, 0) is 0 Å². The standard InChI is InChI=1S/C11H16ClN3O2/c1-10(2,11(3,4)17)15-9-7(5-16)8(12)13-6-14-9/h5-6,17H,1-4H3,(H,13,14,15). The maximum absolute atomic E-state index is 10.9. The van der Waals surface area contributed by atoms with Crippen molar-refractivity contribution in [3.05, 3.63) is 17.0 Å². The normalized spacial score (nSPS) is 12.4. The van der Waals surface area contributed by atoms with Crippen LogP contribution in [-0.4, -0.2) is 32.5 Å². The van der Waals surface area contributed by atoms with Gasteiger partial charge >= 0.3 is 0 Å². The quantitative estimate of drug-likeness (QED) is 0.637. The van der Waals surface area contributed by atoms with Crippen molar-refractivity contribution in [3.8, 4) is 0 Å². The molecule has 0 fully saturated rings. The number of nitrogens with one attached hydrogen (secondary N) is 1. The van der Waals surface area contributed by atoms with Crippen molar-refractivity contribution in [2.24, 2.45) is 0 Å². The third kappa shape index (κ3) is 2.92. The van der Waals surface area contributed by atoms with Crippen LogP contribution >= 0.6 is 11.6 Å². The lowest BCUT2D eigenvalue weighted by molar-refractivity contribution is 0.0238. The molecule has 1 heterocycles. The first-order chi connectivity index (χ1) is 7.69. The van der Waals surface area contributed by atoms with Gasteiger partial charge in [-0.1, -0.05) is 11.6 Å². The van der Waals surface area contributed by atoms with Crippen molar-refractivity contribution in [2.45, 2.75) is 38.8 Å². The summed E-state index contributed by atoms with van der Waals surface area (Å²) in [5, 5.41) is 13.1. The first-order valence-electron chi connectivity index (χ1n) is 5.15. The Labute approximate surface area is 105 Å². The summed E-state index contributed by atoms with van der Waals surface area (Å²) < 4.78 is 0. The highest BCUT2D eigenvalue weighted by Crippen LogP contribution is 2.27. The minimum Gasteiger partial charge on any atom is -0.388 e. The molecular formula is C11H16ClN3O2. The molecule has 0 amide bonds. The van der Waals surface area contributed by atoms with Crippen LogP contribution in [0, 0.1) is 0 Å². The molecule has 0 aliphatic rings. The molecule has 0 saturated carbocycles. The van der Waals surface area contributed by atoms with Gasteiger partial charge in [-0.3, -0.25) is 4.79 Å². The van der Waals surface area contributed by atoms with E-state index in [4.69, 9.17) is 11.6 Å². The van der Waals surface area contributed by atoms with Crippen molar-refractivity contribution in [1.82, 2.24) is 9.97 Å². The zero-order valence-corrected chi connectivity index (χ0v) is 11.0. The smallest absolute Gasteiger partial charge is 0.156 e. The molecule has 0 saturated heterocycles. The Hall–Kier alpha value is -1.20. The highest BCUT2D eigenvalue weighted by atomic mass is 35.5. The van der Waals surface area contributed by atoms with Gasteiger partial charge in [-0.25, -0.2) is 9.97 Å². The molecule has 0 bridgehead atoms. The average molecular weight is 258 g/mol. The second-order valence-electron chi connectivity index (χ2n) is 4.85. The predicted molar refractivity (Wildman–Crippen MR) is 66.4 cm³/mol. The van der Waals surface area contributed by atoms with E-state index >= 15 is 0 Å². The van der Waals surface area contributed by atoms with Crippen molar-refractivity contribution in [1.29, 1.82) is 0 Å². The highest BCUT2D eigenvalue weighted by Gasteiger charge is 2.35. The lowest BCUT2D eigenvalue weighted by atomic mass is 9.86. The zero-order valence-electron chi connectivity index (χ0n) is 10.3. The molecule has 0 aliphatic carbocycles. The van der Waals surface area contributed by atoms with Crippen molar-refractivity contribution in [2.75, 3.05) is 5.32 Å². The van der Waals surface area contributed by atoms with Gasteiger partial charge in [-0.15, -0.1) is 0 Å². The van der Waals surface area contributed by atoms with Gasteiger partial charge in [0.05, 0.1) is 16.7 Å². The number of aliphatic hydroxyl groups is 1. The number of halogens is 1. The first kappa shape index (κ1) is 13.9. The Kier molecular flexibility index (Phi) is 3.74. The Bertz CT molecular complexity index is 427. The number of aldehydes is 1. The monoisotopic (exact) mass is 257 g/mol. The molecule has 1 rings (SSSR count). The summed E-state index contributed by atoms with van der Waals surface area (Å²) in [5.41, 5.74) is -1.49. The fourth-order valence-electron chi connectivity index (χ4n) is 1.03. The molecular weight excluding hydrogens is 242 g/mol. The number of hydrogen-bond donors (Lipinski definition) is 2. The van der Waals surface area contributed by atoms with Gasteiger partial charge in [0.1, 0.15) is 17.3 Å². The Morgan fingerprint density at radius 2 is 1.94 bits per heavy atom. The van der Waals surface area contributed by atoms with Gasteiger partial charge in [0.2, 0.25) is 0 Å². The summed E-state index contributed by atoms with van der Waals surface area (Å²) in [6.07, 6.45) is 1.85. The molecule has 0 atom stereocenters. The van der Waals surface area contributed by atoms with E-state index in [1.165, 1.54) is 6.33 Å². The van der Waals surface area contributed by atoms with Crippen LogP contribution in [0.4, 0.5) is 5.82 Å². The van der Waals surface area contributed by atoms with E-state index in [-0.39, 0.29) is 10.7 Å². The average Bonchev–Trinajstić information content (AvgIpc) is 2.15. The van der Waals surface area contributed by atoms with Gasteiger partial charge in [0.25, 0.3) is 0 Å². The molecule has 0 radical (unpaired) electrons. The van der Waals surface area contributed by atoms with Gasteiger partial charge in [-0.05, 0) is 27.7 Å². The van der Waals surface area contributed by atoms with Crippen molar-refractivity contribution < 1.29 is 9.90 Å². The Balaban J connectivity index is 3.12. The molecule has 1 aromatic heterocycles. The molecule has 0 aliphatic heterocycles. The molecule has 94 valence electrons. The summed E-state index contributed by atoms with van der Waals surface area (Å²) in [6.45, 7) is 6.95. The van der Waals surface area contributed by atoms with Crippen molar-refractivity contribution >= 4 is 23.7 Å². The minimum atomic E-state index is -0.995. The number of nitrogens with zero attached hydrogens (tertiary/aromatic N) is 2. The predicted octanol–water partition coefficient (Wildman–Crippen LogP) is 1.90. The number of hydrogen-bond acceptors (Lipinski definition) is 5. The maximum atomic E-state index is 10.9. The van der Waals surface area contributed by atoms with Gasteiger partial charge < -0.3 is 10.4 Å². The highest BCUT2D eigenvalue weighted by molar-refractivity contribution is 6.32. The van der Waals surface area contributed by atoms with Gasteiger partial charge in [0, 0.05) is 0 Å². The number of rotatable bonds is 4. The van der Waals surface area contributed by atoms with E-state index in [1.807, 2.05) is 0 Å². The largest absolute Gasteiger partial charge is 0.388 e. The number of carbonyl (C=O) groups is 1. The lowest BCUT2D eigenvalue weighted by Gasteiger charge is -2.38. The third-order valence-electron chi connectivity index (χ3n) is 2.91. The zero-order chi connectivity index (χ0) is 13.3. The fraction of sp³-hybridized carbons (Fsp3) is 0.545. The number of carbonyl (C=O) groups excluding carboxylic acids is 1. The van der Waals surface area contributed by atoms with Crippen LogP contribution in [0.2, 0.25) is 5.15 Å². The van der Waals surface area contributed by atoms with Gasteiger partial charge in [-0.2, -0.15) is 0 Å². The summed E-state index contributed by atoms with van der Waals surface area (Å²) in [6, 6.07) is 0.